The van der Waals surface area contributed by atoms with Gasteiger partial charge in [-0.1, -0.05) is 60.7 Å². The first-order chi connectivity index (χ1) is 15.1. The normalized spacial score (nSPS) is 12.6. The van der Waals surface area contributed by atoms with Crippen molar-refractivity contribution >= 4 is 24.3 Å². The molecule has 166 valence electrons. The number of alkyl halides is 6. The maximum atomic E-state index is 12.7. The van der Waals surface area contributed by atoms with Crippen molar-refractivity contribution in [3.63, 3.8) is 0 Å². The van der Waals surface area contributed by atoms with E-state index in [1.807, 2.05) is 0 Å². The molecule has 0 heterocycles. The van der Waals surface area contributed by atoms with Gasteiger partial charge in [-0.15, -0.1) is 0 Å². The number of rotatable bonds is 5. The van der Waals surface area contributed by atoms with Crippen LogP contribution in [0.25, 0.3) is 24.3 Å². The number of halogens is 6. The molecule has 0 unspecified atom stereocenters. The van der Waals surface area contributed by atoms with E-state index in [9.17, 15) is 26.3 Å². The summed E-state index contributed by atoms with van der Waals surface area (Å²) in [6.45, 7) is 0. The Kier molecular flexibility index (Phi) is 6.77. The highest BCUT2D eigenvalue weighted by atomic mass is 19.4. The van der Waals surface area contributed by atoms with E-state index in [1.165, 1.54) is 31.4 Å². The first-order valence-corrected chi connectivity index (χ1v) is 9.45. The molecule has 0 radical (unpaired) electrons. The molecule has 3 rings (SSSR count). The topological polar surface area (TPSA) is 9.23 Å². The smallest absolute Gasteiger partial charge is 0.416 e. The summed E-state index contributed by atoms with van der Waals surface area (Å²) in [6, 6.07) is 15.0. The summed E-state index contributed by atoms with van der Waals surface area (Å²) in [5.74, 6) is 0.544. The van der Waals surface area contributed by atoms with Crippen LogP contribution in [0.2, 0.25) is 0 Å². The average molecular weight is 448 g/mol. The van der Waals surface area contributed by atoms with Gasteiger partial charge in [-0.05, 0) is 47.0 Å². The molecule has 1 nitrogen and oxygen atoms in total. The largest absolute Gasteiger partial charge is 0.496 e. The highest BCUT2D eigenvalue weighted by Crippen LogP contribution is 2.31. The molecule has 0 spiro atoms. The Morgan fingerprint density at radius 2 is 0.969 bits per heavy atom. The van der Waals surface area contributed by atoms with Crippen LogP contribution in [0.4, 0.5) is 26.3 Å². The molecule has 0 saturated heterocycles. The summed E-state index contributed by atoms with van der Waals surface area (Å²) < 4.78 is 81.3. The van der Waals surface area contributed by atoms with E-state index >= 15 is 0 Å². The molecule has 0 N–H and O–H groups in total. The standard InChI is InChI=1S/C25H18F6O/c1-32-23-16-19(3-2-17-6-12-21(13-7-17)24(26,27)28)5-11-20(23)10-4-18-8-14-22(15-9-18)25(29,30)31/h2-16H,1H3/b3-2+,10-4+. The third kappa shape index (κ3) is 6.03. The van der Waals surface area contributed by atoms with Crippen molar-refractivity contribution in [3.05, 3.63) is 100 Å². The molecule has 7 heteroatoms. The molecule has 0 fully saturated rings. The van der Waals surface area contributed by atoms with Crippen molar-refractivity contribution in [2.24, 2.45) is 0 Å². The van der Waals surface area contributed by atoms with E-state index in [4.69, 9.17) is 4.74 Å². The molecular formula is C25H18F6O. The highest BCUT2D eigenvalue weighted by molar-refractivity contribution is 5.76. The SMILES string of the molecule is COc1cc(/C=C/c2ccc(C(F)(F)F)cc2)ccc1/C=C/c1ccc(C(F)(F)F)cc1. The summed E-state index contributed by atoms with van der Waals surface area (Å²) >= 11 is 0. The fourth-order valence-electron chi connectivity index (χ4n) is 2.91. The van der Waals surface area contributed by atoms with Gasteiger partial charge < -0.3 is 4.74 Å². The van der Waals surface area contributed by atoms with Gasteiger partial charge in [0.2, 0.25) is 0 Å². The fraction of sp³-hybridized carbons (Fsp3) is 0.120. The summed E-state index contributed by atoms with van der Waals surface area (Å²) in [7, 11) is 1.49. The molecular weight excluding hydrogens is 430 g/mol. The van der Waals surface area contributed by atoms with Crippen LogP contribution in [0, 0.1) is 0 Å². The lowest BCUT2D eigenvalue weighted by atomic mass is 10.1. The van der Waals surface area contributed by atoms with Gasteiger partial charge in [0.05, 0.1) is 18.2 Å². The van der Waals surface area contributed by atoms with Crippen LogP contribution in [0.1, 0.15) is 33.4 Å². The van der Waals surface area contributed by atoms with Crippen LogP contribution in [0.3, 0.4) is 0 Å². The Morgan fingerprint density at radius 3 is 1.41 bits per heavy atom. The Bertz CT molecular complexity index is 1110. The second-order valence-electron chi connectivity index (χ2n) is 6.91. The minimum absolute atomic E-state index is 0.544. The van der Waals surface area contributed by atoms with Crippen molar-refractivity contribution in [2.75, 3.05) is 7.11 Å². The maximum absolute atomic E-state index is 12.7. The molecule has 32 heavy (non-hydrogen) atoms. The molecule has 0 aromatic heterocycles. The van der Waals surface area contributed by atoms with Gasteiger partial charge in [0, 0.05) is 5.56 Å². The zero-order chi connectivity index (χ0) is 23.4. The molecule has 0 saturated carbocycles. The Labute approximate surface area is 181 Å². The molecule has 0 atom stereocenters. The van der Waals surface area contributed by atoms with Crippen molar-refractivity contribution in [3.8, 4) is 5.75 Å². The second kappa shape index (κ2) is 9.34. The van der Waals surface area contributed by atoms with E-state index in [2.05, 4.69) is 0 Å². The first kappa shape index (κ1) is 23.2. The summed E-state index contributed by atoms with van der Waals surface area (Å²) in [6.07, 6.45) is -1.92. The lowest BCUT2D eigenvalue weighted by Crippen LogP contribution is -2.03. The van der Waals surface area contributed by atoms with Gasteiger partial charge in [0.15, 0.2) is 0 Å². The van der Waals surface area contributed by atoms with E-state index < -0.39 is 23.5 Å². The molecule has 3 aromatic carbocycles. The quantitative estimate of drug-likeness (QED) is 0.283. The number of hydrogen-bond donors (Lipinski definition) is 0. The predicted octanol–water partition coefficient (Wildman–Crippen LogP) is 8.07. The van der Waals surface area contributed by atoms with E-state index in [0.29, 0.717) is 16.9 Å². The van der Waals surface area contributed by atoms with Gasteiger partial charge in [0.25, 0.3) is 0 Å². The van der Waals surface area contributed by atoms with Gasteiger partial charge in [-0.3, -0.25) is 0 Å². The minimum atomic E-state index is -4.38. The van der Waals surface area contributed by atoms with Crippen molar-refractivity contribution in [1.82, 2.24) is 0 Å². The van der Waals surface area contributed by atoms with Crippen LogP contribution in [0.15, 0.2) is 66.7 Å². The summed E-state index contributed by atoms with van der Waals surface area (Å²) in [5, 5.41) is 0. The van der Waals surface area contributed by atoms with E-state index in [1.54, 1.807) is 42.5 Å². The number of hydrogen-bond acceptors (Lipinski definition) is 1. The lowest BCUT2D eigenvalue weighted by molar-refractivity contribution is -0.138. The predicted molar refractivity (Wildman–Crippen MR) is 114 cm³/mol. The lowest BCUT2D eigenvalue weighted by Gasteiger charge is -2.07. The van der Waals surface area contributed by atoms with Crippen LogP contribution in [-0.2, 0) is 12.4 Å². The zero-order valence-corrected chi connectivity index (χ0v) is 16.8. The van der Waals surface area contributed by atoms with Gasteiger partial charge in [-0.2, -0.15) is 26.3 Å². The molecule has 0 aliphatic heterocycles. The average Bonchev–Trinajstić information content (AvgIpc) is 2.76. The minimum Gasteiger partial charge on any atom is -0.496 e. The highest BCUT2D eigenvalue weighted by Gasteiger charge is 2.30. The fourth-order valence-corrected chi connectivity index (χ4v) is 2.91. The van der Waals surface area contributed by atoms with Crippen molar-refractivity contribution in [1.29, 1.82) is 0 Å². The molecule has 0 aliphatic carbocycles. The monoisotopic (exact) mass is 448 g/mol. The molecule has 0 bridgehead atoms. The van der Waals surface area contributed by atoms with E-state index in [-0.39, 0.29) is 0 Å². The van der Waals surface area contributed by atoms with Crippen molar-refractivity contribution in [2.45, 2.75) is 12.4 Å². The molecule has 3 aromatic rings. The van der Waals surface area contributed by atoms with Crippen molar-refractivity contribution < 1.29 is 31.1 Å². The molecule has 0 amide bonds. The van der Waals surface area contributed by atoms with Gasteiger partial charge in [-0.25, -0.2) is 0 Å². The number of methoxy groups -OCH3 is 1. The van der Waals surface area contributed by atoms with Crippen LogP contribution in [-0.4, -0.2) is 7.11 Å². The Hall–Kier alpha value is -3.48. The first-order valence-electron chi connectivity index (χ1n) is 9.45. The number of ether oxygens (including phenoxy) is 1. The Balaban J connectivity index is 1.74. The second-order valence-corrected chi connectivity index (χ2v) is 6.91. The zero-order valence-electron chi connectivity index (χ0n) is 16.8. The maximum Gasteiger partial charge on any atom is 0.416 e. The van der Waals surface area contributed by atoms with E-state index in [0.717, 1.165) is 35.4 Å². The van der Waals surface area contributed by atoms with Crippen LogP contribution < -0.4 is 4.74 Å². The van der Waals surface area contributed by atoms with Gasteiger partial charge >= 0.3 is 12.4 Å². The molecule has 0 aliphatic rings. The van der Waals surface area contributed by atoms with Crippen LogP contribution >= 0.6 is 0 Å². The number of benzene rings is 3. The third-order valence-electron chi connectivity index (χ3n) is 4.66. The summed E-state index contributed by atoms with van der Waals surface area (Å²) in [4.78, 5) is 0. The summed E-state index contributed by atoms with van der Waals surface area (Å²) in [5.41, 5.74) is 1.29. The van der Waals surface area contributed by atoms with Gasteiger partial charge in [0.1, 0.15) is 5.75 Å². The third-order valence-corrected chi connectivity index (χ3v) is 4.66. The van der Waals surface area contributed by atoms with Crippen LogP contribution in [0.5, 0.6) is 5.75 Å². The Morgan fingerprint density at radius 1 is 0.562 bits per heavy atom.